The van der Waals surface area contributed by atoms with Crippen LogP contribution in [0.1, 0.15) is 60.5 Å². The van der Waals surface area contributed by atoms with Gasteiger partial charge in [-0.15, -0.1) is 13.2 Å². The topological polar surface area (TPSA) is 35.5 Å². The smallest absolute Gasteiger partial charge is 0.309 e. The maximum Gasteiger partial charge on any atom is 0.309 e. The van der Waals surface area contributed by atoms with Crippen LogP contribution in [-0.2, 0) is 21.4 Å². The van der Waals surface area contributed by atoms with Gasteiger partial charge in [-0.05, 0) is 72.9 Å². The first-order valence-corrected chi connectivity index (χ1v) is 11.4. The van der Waals surface area contributed by atoms with E-state index in [-0.39, 0.29) is 29.3 Å². The van der Waals surface area contributed by atoms with Gasteiger partial charge in [-0.3, -0.25) is 4.79 Å². The molecule has 2 aliphatic carbocycles. The zero-order valence-electron chi connectivity index (χ0n) is 19.1. The molecule has 0 radical (unpaired) electrons. The summed E-state index contributed by atoms with van der Waals surface area (Å²) in [5.41, 5.74) is 4.83. The largest absolute Gasteiger partial charge is 0.486 e. The number of hydrogen-bond donors (Lipinski definition) is 0. The fourth-order valence-corrected chi connectivity index (χ4v) is 5.01. The van der Waals surface area contributed by atoms with Gasteiger partial charge in [-0.2, -0.15) is 0 Å². The molecular weight excluding hydrogens is 396 g/mol. The lowest BCUT2D eigenvalue weighted by Crippen LogP contribution is -2.20. The Morgan fingerprint density at radius 2 is 1.97 bits per heavy atom. The van der Waals surface area contributed by atoms with E-state index in [4.69, 9.17) is 9.47 Å². The Hall–Kier alpha value is -3.07. The molecule has 1 fully saturated rings. The number of ether oxygens (including phenoxy) is 2. The molecule has 0 spiro atoms. The van der Waals surface area contributed by atoms with Crippen LogP contribution in [0, 0.1) is 5.92 Å². The van der Waals surface area contributed by atoms with Gasteiger partial charge in [0.2, 0.25) is 0 Å². The zero-order chi connectivity index (χ0) is 22.7. The molecule has 2 aromatic carbocycles. The zero-order valence-corrected chi connectivity index (χ0v) is 19.1. The van der Waals surface area contributed by atoms with Gasteiger partial charge in [0.25, 0.3) is 0 Å². The summed E-state index contributed by atoms with van der Waals surface area (Å²) < 4.78 is 11.2. The van der Waals surface area contributed by atoms with E-state index in [1.807, 2.05) is 31.2 Å². The third kappa shape index (κ3) is 4.17. The molecule has 0 aliphatic heterocycles. The summed E-state index contributed by atoms with van der Waals surface area (Å²) in [5.74, 6) is 1.04. The third-order valence-electron chi connectivity index (χ3n) is 6.89. The molecule has 4 unspecified atom stereocenters. The summed E-state index contributed by atoms with van der Waals surface area (Å²) in [4.78, 5) is 11.7. The first kappa shape index (κ1) is 22.1. The van der Waals surface area contributed by atoms with Gasteiger partial charge in [0, 0.05) is 5.41 Å². The second-order valence-electron chi connectivity index (χ2n) is 8.84. The molecule has 4 atom stereocenters. The van der Waals surface area contributed by atoms with Crippen molar-refractivity contribution in [3.8, 4) is 5.75 Å². The van der Waals surface area contributed by atoms with Crippen molar-refractivity contribution in [3.05, 3.63) is 102 Å². The summed E-state index contributed by atoms with van der Waals surface area (Å²) in [5, 5.41) is 0. The molecule has 3 nitrogen and oxygen atoms in total. The number of esters is 1. The molecule has 166 valence electrons. The third-order valence-corrected chi connectivity index (χ3v) is 6.89. The van der Waals surface area contributed by atoms with E-state index in [1.54, 1.807) is 0 Å². The molecular formula is C29H32O3. The van der Waals surface area contributed by atoms with Crippen molar-refractivity contribution in [2.75, 3.05) is 7.11 Å². The van der Waals surface area contributed by atoms with Crippen LogP contribution in [-0.4, -0.2) is 13.1 Å². The van der Waals surface area contributed by atoms with Crippen LogP contribution in [0.5, 0.6) is 5.75 Å². The molecule has 0 N–H and O–H groups in total. The summed E-state index contributed by atoms with van der Waals surface area (Å²) in [6.45, 7) is 10.1. The SMILES string of the molecule is C=CCC(C=C)(C=CC)c1ccc2c(c1)CCC2Oc1ccc(C2CC2C(=O)OC)cc1. The van der Waals surface area contributed by atoms with Gasteiger partial charge in [0.1, 0.15) is 11.9 Å². The van der Waals surface area contributed by atoms with Crippen molar-refractivity contribution < 1.29 is 14.3 Å². The van der Waals surface area contributed by atoms with Crippen LogP contribution in [0.25, 0.3) is 0 Å². The maximum absolute atomic E-state index is 11.7. The van der Waals surface area contributed by atoms with Crippen molar-refractivity contribution in [1.82, 2.24) is 0 Å². The number of benzene rings is 2. The van der Waals surface area contributed by atoms with Gasteiger partial charge in [0.15, 0.2) is 0 Å². The van der Waals surface area contributed by atoms with Crippen LogP contribution in [0.15, 0.2) is 79.9 Å². The molecule has 4 rings (SSSR count). The van der Waals surface area contributed by atoms with E-state index in [2.05, 4.69) is 55.6 Å². The normalized spacial score (nSPS) is 23.2. The Morgan fingerprint density at radius 3 is 2.62 bits per heavy atom. The molecule has 2 aliphatic rings. The predicted molar refractivity (Wildman–Crippen MR) is 129 cm³/mol. The Bertz CT molecular complexity index is 1030. The number of carbonyl (C=O) groups excluding carboxylic acids is 1. The van der Waals surface area contributed by atoms with Crippen molar-refractivity contribution >= 4 is 5.97 Å². The Morgan fingerprint density at radius 1 is 1.19 bits per heavy atom. The summed E-state index contributed by atoms with van der Waals surface area (Å²) in [7, 11) is 1.45. The average Bonchev–Trinajstić information content (AvgIpc) is 3.53. The molecule has 32 heavy (non-hydrogen) atoms. The number of aryl methyl sites for hydroxylation is 1. The van der Waals surface area contributed by atoms with E-state index >= 15 is 0 Å². The standard InChI is InChI=1S/C29H32O3/c1-5-16-29(7-3,17-6-2)22-11-14-24-21(18-22)10-15-27(24)32-23-12-8-20(9-13-23)25-19-26(25)28(30)31-4/h5-9,11-14,17-18,25-27H,1,3,10,15-16,19H2,2,4H3. The first-order chi connectivity index (χ1) is 15.5. The lowest BCUT2D eigenvalue weighted by molar-refractivity contribution is -0.142. The van der Waals surface area contributed by atoms with Crippen LogP contribution in [0.4, 0.5) is 0 Å². The Kier molecular flexibility index (Phi) is 6.36. The second kappa shape index (κ2) is 9.20. The summed E-state index contributed by atoms with van der Waals surface area (Å²) >= 11 is 0. The van der Waals surface area contributed by atoms with E-state index < -0.39 is 0 Å². The van der Waals surface area contributed by atoms with Crippen molar-refractivity contribution in [2.45, 2.75) is 50.0 Å². The number of fused-ring (bicyclic) bond motifs is 1. The number of rotatable bonds is 9. The monoisotopic (exact) mass is 428 g/mol. The fourth-order valence-electron chi connectivity index (χ4n) is 5.01. The lowest BCUT2D eigenvalue weighted by Gasteiger charge is -2.27. The minimum Gasteiger partial charge on any atom is -0.486 e. The van der Waals surface area contributed by atoms with Gasteiger partial charge < -0.3 is 9.47 Å². The van der Waals surface area contributed by atoms with Crippen molar-refractivity contribution in [3.63, 3.8) is 0 Å². The Labute approximate surface area is 191 Å². The number of allylic oxidation sites excluding steroid dienone is 4. The molecule has 3 heteroatoms. The number of carbonyl (C=O) groups is 1. The molecule has 0 aromatic heterocycles. The highest BCUT2D eigenvalue weighted by Gasteiger charge is 2.44. The van der Waals surface area contributed by atoms with Crippen LogP contribution < -0.4 is 4.74 Å². The molecule has 0 heterocycles. The quantitative estimate of drug-likeness (QED) is 0.333. The van der Waals surface area contributed by atoms with Crippen LogP contribution >= 0.6 is 0 Å². The highest BCUT2D eigenvalue weighted by molar-refractivity contribution is 5.77. The van der Waals surface area contributed by atoms with Gasteiger partial charge >= 0.3 is 5.97 Å². The molecule has 1 saturated carbocycles. The maximum atomic E-state index is 11.7. The van der Waals surface area contributed by atoms with Crippen molar-refractivity contribution in [2.24, 2.45) is 5.92 Å². The van der Waals surface area contributed by atoms with Crippen molar-refractivity contribution in [1.29, 1.82) is 0 Å². The Balaban J connectivity index is 1.48. The molecule has 2 aromatic rings. The predicted octanol–water partition coefficient (Wildman–Crippen LogP) is 6.61. The van der Waals surface area contributed by atoms with E-state index in [0.717, 1.165) is 31.4 Å². The van der Waals surface area contributed by atoms with E-state index in [0.29, 0.717) is 0 Å². The lowest BCUT2D eigenvalue weighted by atomic mass is 9.76. The van der Waals surface area contributed by atoms with Gasteiger partial charge in [-0.25, -0.2) is 0 Å². The highest BCUT2D eigenvalue weighted by Crippen LogP contribution is 2.48. The van der Waals surface area contributed by atoms with Crippen LogP contribution in [0.3, 0.4) is 0 Å². The number of hydrogen-bond acceptors (Lipinski definition) is 3. The van der Waals surface area contributed by atoms with E-state index in [9.17, 15) is 4.79 Å². The highest BCUT2D eigenvalue weighted by atomic mass is 16.5. The van der Waals surface area contributed by atoms with Crippen LogP contribution in [0.2, 0.25) is 0 Å². The van der Waals surface area contributed by atoms with E-state index in [1.165, 1.54) is 29.4 Å². The van der Waals surface area contributed by atoms with Gasteiger partial charge in [0.05, 0.1) is 13.0 Å². The molecule has 0 amide bonds. The average molecular weight is 429 g/mol. The second-order valence-corrected chi connectivity index (χ2v) is 8.84. The first-order valence-electron chi connectivity index (χ1n) is 11.4. The minimum absolute atomic E-state index is 0.00833. The summed E-state index contributed by atoms with van der Waals surface area (Å²) in [6, 6.07) is 14.9. The molecule has 0 bridgehead atoms. The van der Waals surface area contributed by atoms with Gasteiger partial charge in [-0.1, -0.05) is 54.6 Å². The molecule has 0 saturated heterocycles. The fraction of sp³-hybridized carbons (Fsp3) is 0.345. The summed E-state index contributed by atoms with van der Waals surface area (Å²) in [6.07, 6.45) is 12.0. The number of methoxy groups -OCH3 is 1. The minimum atomic E-state index is -0.217.